The molecule has 1 aromatic heterocycles. The molecule has 8 heteroatoms. The summed E-state index contributed by atoms with van der Waals surface area (Å²) >= 11 is 0. The van der Waals surface area contributed by atoms with Gasteiger partial charge in [0.05, 0.1) is 6.04 Å². The standard InChI is InChI=1S/C15H15N3O5/c1-8(9-3-4-11-12(5-9)23-7-22-11)16-14(19)13-10(15(20)21)6-18(2)17-13/h3-6,8H,7H2,1-2H3,(H,16,19)(H,20,21)/t8-/m0/s1. The molecular formula is C15H15N3O5. The number of benzene rings is 1. The summed E-state index contributed by atoms with van der Waals surface area (Å²) in [6, 6.07) is 5.02. The highest BCUT2D eigenvalue weighted by molar-refractivity contribution is 6.03. The fourth-order valence-corrected chi connectivity index (χ4v) is 2.34. The Morgan fingerprint density at radius 2 is 2.09 bits per heavy atom. The molecule has 23 heavy (non-hydrogen) atoms. The Labute approximate surface area is 131 Å². The van der Waals surface area contributed by atoms with Crippen LogP contribution in [0.1, 0.15) is 39.4 Å². The zero-order valence-corrected chi connectivity index (χ0v) is 12.6. The molecule has 120 valence electrons. The molecule has 0 radical (unpaired) electrons. The normalized spacial score (nSPS) is 13.7. The van der Waals surface area contributed by atoms with E-state index in [2.05, 4.69) is 10.4 Å². The highest BCUT2D eigenvalue weighted by Gasteiger charge is 2.23. The molecule has 0 saturated carbocycles. The van der Waals surface area contributed by atoms with Gasteiger partial charge >= 0.3 is 5.97 Å². The molecule has 1 atom stereocenters. The number of carbonyl (C=O) groups excluding carboxylic acids is 1. The average molecular weight is 317 g/mol. The molecule has 1 amide bonds. The highest BCUT2D eigenvalue weighted by Crippen LogP contribution is 2.34. The van der Waals surface area contributed by atoms with Crippen LogP contribution in [-0.4, -0.2) is 33.6 Å². The Kier molecular flexibility index (Phi) is 3.65. The van der Waals surface area contributed by atoms with E-state index in [0.29, 0.717) is 11.5 Å². The van der Waals surface area contributed by atoms with Crippen molar-refractivity contribution < 1.29 is 24.2 Å². The number of fused-ring (bicyclic) bond motifs is 1. The lowest BCUT2D eigenvalue weighted by Crippen LogP contribution is -2.28. The minimum absolute atomic E-state index is 0.118. The number of carboxylic acids is 1. The number of carbonyl (C=O) groups is 2. The Morgan fingerprint density at radius 3 is 2.83 bits per heavy atom. The summed E-state index contributed by atoms with van der Waals surface area (Å²) in [5.41, 5.74) is 0.561. The third-order valence-electron chi connectivity index (χ3n) is 3.52. The van der Waals surface area contributed by atoms with Crippen LogP contribution < -0.4 is 14.8 Å². The van der Waals surface area contributed by atoms with Crippen molar-refractivity contribution in [2.24, 2.45) is 7.05 Å². The number of carboxylic acid groups (broad SMARTS) is 1. The second kappa shape index (κ2) is 5.64. The molecule has 0 spiro atoms. The van der Waals surface area contributed by atoms with Crippen LogP contribution in [0.3, 0.4) is 0 Å². The predicted octanol–water partition coefficient (Wildman–Crippen LogP) is 1.34. The lowest BCUT2D eigenvalue weighted by molar-refractivity contribution is 0.0690. The van der Waals surface area contributed by atoms with E-state index in [9.17, 15) is 9.59 Å². The molecule has 0 fully saturated rings. The third kappa shape index (κ3) is 2.83. The minimum Gasteiger partial charge on any atom is -0.478 e. The second-order valence-corrected chi connectivity index (χ2v) is 5.18. The second-order valence-electron chi connectivity index (χ2n) is 5.18. The monoisotopic (exact) mass is 317 g/mol. The lowest BCUT2D eigenvalue weighted by Gasteiger charge is -2.14. The van der Waals surface area contributed by atoms with E-state index in [-0.39, 0.29) is 24.1 Å². The first-order valence-corrected chi connectivity index (χ1v) is 6.93. The van der Waals surface area contributed by atoms with E-state index in [1.807, 2.05) is 6.07 Å². The van der Waals surface area contributed by atoms with Crippen LogP contribution in [0, 0.1) is 0 Å². The number of aromatic nitrogens is 2. The molecule has 0 saturated heterocycles. The van der Waals surface area contributed by atoms with Crippen LogP contribution in [0.15, 0.2) is 24.4 Å². The summed E-state index contributed by atoms with van der Waals surface area (Å²) in [4.78, 5) is 23.5. The van der Waals surface area contributed by atoms with Gasteiger partial charge in [0.15, 0.2) is 17.2 Å². The van der Waals surface area contributed by atoms with Gasteiger partial charge in [-0.1, -0.05) is 6.07 Å². The van der Waals surface area contributed by atoms with Gasteiger partial charge in [0.2, 0.25) is 6.79 Å². The summed E-state index contributed by atoms with van der Waals surface area (Å²) < 4.78 is 11.8. The molecular weight excluding hydrogens is 302 g/mol. The number of amides is 1. The van der Waals surface area contributed by atoms with Crippen molar-refractivity contribution in [1.82, 2.24) is 15.1 Å². The van der Waals surface area contributed by atoms with E-state index in [1.165, 1.54) is 10.9 Å². The minimum atomic E-state index is -1.20. The maximum atomic E-state index is 12.3. The summed E-state index contributed by atoms with van der Waals surface area (Å²) in [6.07, 6.45) is 1.29. The smallest absolute Gasteiger partial charge is 0.339 e. The van der Waals surface area contributed by atoms with Crippen LogP contribution in [0.4, 0.5) is 0 Å². The van der Waals surface area contributed by atoms with Crippen molar-refractivity contribution in [3.8, 4) is 11.5 Å². The van der Waals surface area contributed by atoms with Gasteiger partial charge in [-0.2, -0.15) is 5.10 Å². The molecule has 2 N–H and O–H groups in total. The Hall–Kier alpha value is -3.03. The van der Waals surface area contributed by atoms with Crippen LogP contribution in [0.5, 0.6) is 11.5 Å². The number of rotatable bonds is 4. The molecule has 0 bridgehead atoms. The van der Waals surface area contributed by atoms with Gasteiger partial charge in [-0.25, -0.2) is 4.79 Å². The number of nitrogens with one attached hydrogen (secondary N) is 1. The molecule has 1 aromatic carbocycles. The van der Waals surface area contributed by atoms with E-state index in [1.54, 1.807) is 26.1 Å². The zero-order chi connectivity index (χ0) is 16.6. The fraction of sp³-hybridized carbons (Fsp3) is 0.267. The van der Waals surface area contributed by atoms with Crippen molar-refractivity contribution in [2.45, 2.75) is 13.0 Å². The van der Waals surface area contributed by atoms with Gasteiger partial charge < -0.3 is 19.9 Å². The summed E-state index contributed by atoms with van der Waals surface area (Å²) in [5, 5.41) is 15.8. The third-order valence-corrected chi connectivity index (χ3v) is 3.52. The van der Waals surface area contributed by atoms with Crippen molar-refractivity contribution >= 4 is 11.9 Å². The number of hydrogen-bond acceptors (Lipinski definition) is 5. The van der Waals surface area contributed by atoms with E-state index in [0.717, 1.165) is 5.56 Å². The molecule has 1 aliphatic rings. The van der Waals surface area contributed by atoms with E-state index in [4.69, 9.17) is 14.6 Å². The van der Waals surface area contributed by atoms with Crippen molar-refractivity contribution in [3.63, 3.8) is 0 Å². The first-order chi connectivity index (χ1) is 11.0. The Bertz CT molecular complexity index is 783. The van der Waals surface area contributed by atoms with Crippen LogP contribution in [0.2, 0.25) is 0 Å². The number of aryl methyl sites for hydroxylation is 1. The molecule has 3 rings (SSSR count). The van der Waals surface area contributed by atoms with Crippen molar-refractivity contribution in [3.05, 3.63) is 41.2 Å². The Balaban J connectivity index is 1.79. The van der Waals surface area contributed by atoms with Gasteiger partial charge in [-0.05, 0) is 24.6 Å². The summed E-state index contributed by atoms with van der Waals surface area (Å²) in [7, 11) is 1.56. The molecule has 8 nitrogen and oxygen atoms in total. The van der Waals surface area contributed by atoms with Crippen LogP contribution >= 0.6 is 0 Å². The fourth-order valence-electron chi connectivity index (χ4n) is 2.34. The predicted molar refractivity (Wildman–Crippen MR) is 78.6 cm³/mol. The molecule has 0 unspecified atom stereocenters. The van der Waals surface area contributed by atoms with Gasteiger partial charge in [0.25, 0.3) is 5.91 Å². The van der Waals surface area contributed by atoms with Gasteiger partial charge in [0.1, 0.15) is 5.56 Å². The SMILES string of the molecule is C[C@H](NC(=O)c1nn(C)cc1C(=O)O)c1ccc2c(c1)OCO2. The molecule has 1 aliphatic heterocycles. The first-order valence-electron chi connectivity index (χ1n) is 6.93. The molecule has 0 aliphatic carbocycles. The van der Waals surface area contributed by atoms with Crippen molar-refractivity contribution in [2.75, 3.05) is 6.79 Å². The van der Waals surface area contributed by atoms with Crippen molar-refractivity contribution in [1.29, 1.82) is 0 Å². The average Bonchev–Trinajstić information content (AvgIpc) is 3.12. The first kappa shape index (κ1) is 14.9. The number of ether oxygens (including phenoxy) is 2. The maximum absolute atomic E-state index is 12.3. The van der Waals surface area contributed by atoms with Crippen LogP contribution in [-0.2, 0) is 7.05 Å². The Morgan fingerprint density at radius 1 is 1.35 bits per heavy atom. The van der Waals surface area contributed by atoms with Gasteiger partial charge in [-0.3, -0.25) is 9.48 Å². The summed E-state index contributed by atoms with van der Waals surface area (Å²) in [6.45, 7) is 1.97. The number of nitrogens with zero attached hydrogens (tertiary/aromatic N) is 2. The lowest BCUT2D eigenvalue weighted by atomic mass is 10.1. The topological polar surface area (TPSA) is 103 Å². The molecule has 2 aromatic rings. The van der Waals surface area contributed by atoms with Crippen LogP contribution in [0.25, 0.3) is 0 Å². The van der Waals surface area contributed by atoms with Gasteiger partial charge in [-0.15, -0.1) is 0 Å². The largest absolute Gasteiger partial charge is 0.478 e. The number of aromatic carboxylic acids is 1. The summed E-state index contributed by atoms with van der Waals surface area (Å²) in [5.74, 6) is -0.468. The highest BCUT2D eigenvalue weighted by atomic mass is 16.7. The zero-order valence-electron chi connectivity index (χ0n) is 12.6. The van der Waals surface area contributed by atoms with E-state index >= 15 is 0 Å². The van der Waals surface area contributed by atoms with Gasteiger partial charge in [0, 0.05) is 13.2 Å². The molecule has 2 heterocycles. The maximum Gasteiger partial charge on any atom is 0.339 e. The van der Waals surface area contributed by atoms with E-state index < -0.39 is 11.9 Å². The number of hydrogen-bond donors (Lipinski definition) is 2. The quantitative estimate of drug-likeness (QED) is 0.882.